The smallest absolute Gasteiger partial charge is 0.271 e. The number of benzene rings is 1. The van der Waals surface area contributed by atoms with Gasteiger partial charge in [0.25, 0.3) is 5.69 Å². The molecule has 7 heteroatoms. The Morgan fingerprint density at radius 2 is 1.67 bits per heavy atom. The van der Waals surface area contributed by atoms with E-state index in [1.807, 2.05) is 0 Å². The van der Waals surface area contributed by atoms with Crippen molar-refractivity contribution >= 4 is 34.8 Å². The zero-order chi connectivity index (χ0) is 16.7. The molecule has 1 aliphatic heterocycles. The maximum Gasteiger partial charge on any atom is 0.271 e. The molecule has 6 nitrogen and oxygen atoms in total. The first-order valence-electron chi connectivity index (χ1n) is 7.99. The van der Waals surface area contributed by atoms with Gasteiger partial charge in [0.1, 0.15) is 0 Å². The van der Waals surface area contributed by atoms with Crippen molar-refractivity contribution in [3.8, 4) is 0 Å². The van der Waals surface area contributed by atoms with Gasteiger partial charge in [-0.15, -0.1) is 0 Å². The fraction of sp³-hybridized carbons (Fsp3) is 0.412. The summed E-state index contributed by atoms with van der Waals surface area (Å²) in [6.07, 6.45) is 5.26. The number of imide groups is 1. The van der Waals surface area contributed by atoms with E-state index in [9.17, 15) is 19.7 Å². The topological polar surface area (TPSA) is 80.5 Å². The molecule has 4 aliphatic carbocycles. The summed E-state index contributed by atoms with van der Waals surface area (Å²) in [5.74, 6) is 0.0391. The normalized spacial score (nSPS) is 38.3. The lowest BCUT2D eigenvalue weighted by Crippen LogP contribution is -2.40. The highest BCUT2D eigenvalue weighted by atomic mass is 35.5. The third-order valence-corrected chi connectivity index (χ3v) is 6.36. The summed E-state index contributed by atoms with van der Waals surface area (Å²) in [4.78, 5) is 37.5. The number of halogens is 1. The summed E-state index contributed by atoms with van der Waals surface area (Å²) in [6.45, 7) is 0. The van der Waals surface area contributed by atoms with Crippen LogP contribution in [0.25, 0.3) is 0 Å². The van der Waals surface area contributed by atoms with Gasteiger partial charge in [0.15, 0.2) is 0 Å². The van der Waals surface area contributed by atoms with E-state index in [-0.39, 0.29) is 51.9 Å². The number of nitro groups is 1. The van der Waals surface area contributed by atoms with E-state index in [1.165, 1.54) is 18.2 Å². The number of carbonyl (C=O) groups is 2. The number of rotatable bonds is 2. The van der Waals surface area contributed by atoms with E-state index < -0.39 is 4.92 Å². The predicted octanol–water partition coefficient (Wildman–Crippen LogP) is 2.81. The molecule has 6 rings (SSSR count). The van der Waals surface area contributed by atoms with Crippen LogP contribution in [0.4, 0.5) is 11.4 Å². The van der Waals surface area contributed by atoms with Crippen molar-refractivity contribution in [3.05, 3.63) is 45.5 Å². The molecule has 1 heterocycles. The van der Waals surface area contributed by atoms with Gasteiger partial charge in [0.2, 0.25) is 11.8 Å². The summed E-state index contributed by atoms with van der Waals surface area (Å²) in [5, 5.41) is 11.2. The Morgan fingerprint density at radius 3 is 2.21 bits per heavy atom. The Bertz CT molecular complexity index is 815. The van der Waals surface area contributed by atoms with Crippen LogP contribution in [0.5, 0.6) is 0 Å². The summed E-state index contributed by atoms with van der Waals surface area (Å²) >= 11 is 6.15. The molecule has 2 bridgehead atoms. The van der Waals surface area contributed by atoms with Crippen LogP contribution in [0, 0.1) is 45.6 Å². The Hall–Kier alpha value is -2.21. The zero-order valence-corrected chi connectivity index (χ0v) is 13.2. The van der Waals surface area contributed by atoms with Crippen LogP contribution in [-0.4, -0.2) is 16.7 Å². The third kappa shape index (κ3) is 1.61. The van der Waals surface area contributed by atoms with Gasteiger partial charge in [0, 0.05) is 12.1 Å². The van der Waals surface area contributed by atoms with Crippen molar-refractivity contribution in [1.82, 2.24) is 0 Å². The number of nitrogens with zero attached hydrogens (tertiary/aromatic N) is 2. The van der Waals surface area contributed by atoms with Gasteiger partial charge in [-0.3, -0.25) is 19.7 Å². The second-order valence-electron chi connectivity index (χ2n) is 7.06. The molecule has 24 heavy (non-hydrogen) atoms. The van der Waals surface area contributed by atoms with Crippen LogP contribution in [-0.2, 0) is 9.59 Å². The average molecular weight is 345 g/mol. The first-order valence-corrected chi connectivity index (χ1v) is 8.37. The highest BCUT2D eigenvalue weighted by molar-refractivity contribution is 6.36. The summed E-state index contributed by atoms with van der Waals surface area (Å²) in [6, 6.07) is 3.85. The van der Waals surface area contributed by atoms with Crippen molar-refractivity contribution < 1.29 is 14.5 Å². The predicted molar refractivity (Wildman–Crippen MR) is 85.3 cm³/mol. The zero-order valence-electron chi connectivity index (χ0n) is 12.5. The molecule has 0 radical (unpaired) electrons. The molecule has 1 aromatic carbocycles. The fourth-order valence-electron chi connectivity index (χ4n) is 4.98. The van der Waals surface area contributed by atoms with Crippen LogP contribution in [0.15, 0.2) is 30.4 Å². The lowest BCUT2D eigenvalue weighted by atomic mass is 9.63. The average Bonchev–Trinajstić information content (AvgIpc) is 3.33. The maximum atomic E-state index is 13.0. The quantitative estimate of drug-likeness (QED) is 0.357. The molecule has 0 spiro atoms. The van der Waals surface area contributed by atoms with Crippen LogP contribution < -0.4 is 4.90 Å². The summed E-state index contributed by atoms with van der Waals surface area (Å²) < 4.78 is 0. The number of nitro benzene ring substituents is 1. The first-order chi connectivity index (χ1) is 11.5. The van der Waals surface area contributed by atoms with Crippen molar-refractivity contribution in [2.75, 3.05) is 4.90 Å². The van der Waals surface area contributed by atoms with Gasteiger partial charge >= 0.3 is 0 Å². The lowest BCUT2D eigenvalue weighted by molar-refractivity contribution is -0.384. The molecular weight excluding hydrogens is 332 g/mol. The molecule has 2 saturated carbocycles. The number of carbonyl (C=O) groups excluding carboxylic acids is 2. The summed E-state index contributed by atoms with van der Waals surface area (Å²) in [5.41, 5.74) is -0.0582. The number of anilines is 1. The number of hydrogen-bond acceptors (Lipinski definition) is 4. The van der Waals surface area contributed by atoms with Crippen LogP contribution in [0.3, 0.4) is 0 Å². The Kier molecular flexibility index (Phi) is 2.62. The van der Waals surface area contributed by atoms with Crippen molar-refractivity contribution in [3.63, 3.8) is 0 Å². The number of allylic oxidation sites excluding steroid dienone is 2. The number of amides is 2. The highest BCUT2D eigenvalue weighted by Crippen LogP contribution is 2.65. The largest absolute Gasteiger partial charge is 0.274 e. The van der Waals surface area contributed by atoms with Gasteiger partial charge in [-0.1, -0.05) is 23.8 Å². The molecule has 1 aromatic rings. The van der Waals surface area contributed by atoms with E-state index in [4.69, 9.17) is 11.6 Å². The standard InChI is InChI=1S/C17H13ClN2O4/c18-12-4-1-7(20(23)24)5-13(12)19-16(21)14-8-2-3-9(11-6-10(8)11)15(14)17(19)22/h1-5,8-11,14-15H,6H2/t8-,9+,10-,11-,14+,15-/m1/s1. The van der Waals surface area contributed by atoms with Crippen molar-refractivity contribution in [1.29, 1.82) is 0 Å². The first kappa shape index (κ1) is 14.2. The van der Waals surface area contributed by atoms with E-state index >= 15 is 0 Å². The van der Waals surface area contributed by atoms with E-state index in [2.05, 4.69) is 12.2 Å². The molecular formula is C17H13ClN2O4. The van der Waals surface area contributed by atoms with Gasteiger partial charge in [-0.25, -0.2) is 4.90 Å². The van der Waals surface area contributed by atoms with E-state index in [0.717, 1.165) is 11.3 Å². The van der Waals surface area contributed by atoms with Gasteiger partial charge in [0.05, 0.1) is 27.5 Å². The molecule has 2 amide bonds. The molecule has 6 atom stereocenters. The Labute approximate surface area is 142 Å². The molecule has 0 unspecified atom stereocenters. The second-order valence-corrected chi connectivity index (χ2v) is 7.47. The minimum Gasteiger partial charge on any atom is -0.274 e. The van der Waals surface area contributed by atoms with Crippen LogP contribution in [0.1, 0.15) is 6.42 Å². The Morgan fingerprint density at radius 1 is 1.08 bits per heavy atom. The van der Waals surface area contributed by atoms with Crippen LogP contribution in [0.2, 0.25) is 5.02 Å². The van der Waals surface area contributed by atoms with Crippen LogP contribution >= 0.6 is 11.6 Å². The fourth-order valence-corrected chi connectivity index (χ4v) is 5.18. The maximum absolute atomic E-state index is 13.0. The Balaban J connectivity index is 1.60. The second kappa shape index (κ2) is 4.45. The van der Waals surface area contributed by atoms with Gasteiger partial charge < -0.3 is 0 Å². The SMILES string of the molecule is O=C1[C@@H]2[C@H]3C=C[C@H]([C@H]4C[C@H]34)[C@@H]2C(=O)N1c1cc([N+](=O)[O-])ccc1Cl. The minimum absolute atomic E-state index is 0.115. The molecule has 5 aliphatic rings. The molecule has 1 saturated heterocycles. The molecule has 0 N–H and O–H groups in total. The molecule has 0 aromatic heterocycles. The van der Waals surface area contributed by atoms with Crippen molar-refractivity contribution in [2.24, 2.45) is 35.5 Å². The highest BCUT2D eigenvalue weighted by Gasteiger charge is 2.67. The lowest BCUT2D eigenvalue weighted by Gasteiger charge is -2.37. The molecule has 3 fully saturated rings. The number of hydrogen-bond donors (Lipinski definition) is 0. The third-order valence-electron chi connectivity index (χ3n) is 6.04. The van der Waals surface area contributed by atoms with E-state index in [1.54, 1.807) is 0 Å². The minimum atomic E-state index is -0.557. The number of non-ortho nitro benzene ring substituents is 1. The van der Waals surface area contributed by atoms with Crippen molar-refractivity contribution in [2.45, 2.75) is 6.42 Å². The molecule has 122 valence electrons. The summed E-state index contributed by atoms with van der Waals surface area (Å²) in [7, 11) is 0. The van der Waals surface area contributed by atoms with E-state index in [0.29, 0.717) is 11.8 Å². The van der Waals surface area contributed by atoms with Gasteiger partial charge in [-0.2, -0.15) is 0 Å². The van der Waals surface area contributed by atoms with Gasteiger partial charge in [-0.05, 0) is 36.2 Å². The monoisotopic (exact) mass is 344 g/mol.